The van der Waals surface area contributed by atoms with Gasteiger partial charge in [0.25, 0.3) is 0 Å². The molecule has 2 unspecified atom stereocenters. The highest BCUT2D eigenvalue weighted by atomic mass is 79.9. The van der Waals surface area contributed by atoms with E-state index in [4.69, 9.17) is 14.2 Å². The molecule has 0 amide bonds. The largest absolute Gasteiger partial charge is 0.484 e. The number of allylic oxidation sites excluding steroid dienone is 1. The first-order valence-electron chi connectivity index (χ1n) is 6.60. The third-order valence-corrected chi connectivity index (χ3v) is 3.96. The Balaban J connectivity index is 2.00. The van der Waals surface area contributed by atoms with Gasteiger partial charge in [0.15, 0.2) is 5.78 Å². The molecule has 2 heterocycles. The van der Waals surface area contributed by atoms with Crippen molar-refractivity contribution in [2.75, 3.05) is 6.61 Å². The Bertz CT molecular complexity index is 594. The summed E-state index contributed by atoms with van der Waals surface area (Å²) >= 11 is 3.38. The van der Waals surface area contributed by atoms with Crippen LogP contribution in [0.1, 0.15) is 30.6 Å². The number of rotatable bonds is 2. The molecule has 5 heteroatoms. The molecule has 2 atom stereocenters. The van der Waals surface area contributed by atoms with E-state index in [0.717, 1.165) is 4.47 Å². The molecule has 1 aromatic rings. The van der Waals surface area contributed by atoms with E-state index < -0.39 is 0 Å². The summed E-state index contributed by atoms with van der Waals surface area (Å²) in [5.41, 5.74) is 1.18. The Morgan fingerprint density at radius 1 is 1.40 bits per heavy atom. The van der Waals surface area contributed by atoms with Gasteiger partial charge in [-0.15, -0.1) is 0 Å². The first-order chi connectivity index (χ1) is 9.60. The van der Waals surface area contributed by atoms with Crippen LogP contribution in [-0.2, 0) is 9.47 Å². The first kappa shape index (κ1) is 13.6. The number of benzene rings is 1. The molecule has 2 aliphatic heterocycles. The summed E-state index contributed by atoms with van der Waals surface area (Å²) in [5, 5.41) is 0. The van der Waals surface area contributed by atoms with E-state index in [1.807, 2.05) is 19.1 Å². The average molecular weight is 339 g/mol. The van der Waals surface area contributed by atoms with Crippen LogP contribution >= 0.6 is 15.9 Å². The number of hydrogen-bond donors (Lipinski definition) is 0. The molecule has 0 radical (unpaired) electrons. The lowest BCUT2D eigenvalue weighted by Gasteiger charge is -2.35. The van der Waals surface area contributed by atoms with E-state index in [-0.39, 0.29) is 18.2 Å². The van der Waals surface area contributed by atoms with Crippen LogP contribution in [0, 0.1) is 0 Å². The number of hydrogen-bond acceptors (Lipinski definition) is 4. The third-order valence-electron chi connectivity index (χ3n) is 3.47. The molecule has 0 aromatic heterocycles. The number of fused-ring (bicyclic) bond motifs is 2. The second-order valence-electron chi connectivity index (χ2n) is 4.78. The van der Waals surface area contributed by atoms with Crippen molar-refractivity contribution >= 4 is 21.7 Å². The van der Waals surface area contributed by atoms with E-state index in [1.165, 1.54) is 0 Å². The van der Waals surface area contributed by atoms with Crippen LogP contribution < -0.4 is 4.74 Å². The molecule has 2 aliphatic rings. The van der Waals surface area contributed by atoms with Gasteiger partial charge in [-0.05, 0) is 32.0 Å². The molecule has 0 N–H and O–H groups in total. The van der Waals surface area contributed by atoms with Crippen molar-refractivity contribution in [1.29, 1.82) is 0 Å². The quantitative estimate of drug-likeness (QED) is 0.828. The molecule has 0 saturated carbocycles. The molecule has 0 bridgehead atoms. The van der Waals surface area contributed by atoms with Crippen LogP contribution in [0.4, 0.5) is 0 Å². The van der Waals surface area contributed by atoms with Crippen molar-refractivity contribution < 1.29 is 19.0 Å². The van der Waals surface area contributed by atoms with Crippen LogP contribution in [0.3, 0.4) is 0 Å². The molecular formula is C15H15BrO4. The van der Waals surface area contributed by atoms with Crippen LogP contribution in [-0.4, -0.2) is 24.8 Å². The van der Waals surface area contributed by atoms with Crippen LogP contribution in [0.25, 0.3) is 0 Å². The number of Topliss-reactive ketones (excluding diaryl/α,β-unsaturated/α-hetero) is 1. The number of carbonyl (C=O) groups is 1. The van der Waals surface area contributed by atoms with Gasteiger partial charge in [0, 0.05) is 11.1 Å². The van der Waals surface area contributed by atoms with Crippen molar-refractivity contribution in [2.24, 2.45) is 0 Å². The molecular weight excluding hydrogens is 324 g/mol. The molecule has 0 saturated heterocycles. The van der Waals surface area contributed by atoms with Gasteiger partial charge in [0.1, 0.15) is 17.6 Å². The molecule has 0 spiro atoms. The lowest BCUT2D eigenvalue weighted by Crippen LogP contribution is -2.39. The fraction of sp³-hybridized carbons (Fsp3) is 0.400. The van der Waals surface area contributed by atoms with Crippen molar-refractivity contribution in [1.82, 2.24) is 0 Å². The predicted octanol–water partition coefficient (Wildman–Crippen LogP) is 3.45. The number of ketones is 1. The van der Waals surface area contributed by atoms with Gasteiger partial charge in [-0.3, -0.25) is 4.79 Å². The van der Waals surface area contributed by atoms with Gasteiger partial charge >= 0.3 is 0 Å². The number of halogens is 1. The zero-order valence-electron chi connectivity index (χ0n) is 11.3. The summed E-state index contributed by atoms with van der Waals surface area (Å²) in [4.78, 5) is 12.6. The van der Waals surface area contributed by atoms with Crippen molar-refractivity contribution in [3.05, 3.63) is 39.6 Å². The lowest BCUT2D eigenvalue weighted by molar-refractivity contribution is -0.137. The highest BCUT2D eigenvalue weighted by Gasteiger charge is 2.39. The van der Waals surface area contributed by atoms with E-state index in [9.17, 15) is 4.79 Å². The smallest absolute Gasteiger partial charge is 0.203 e. The molecule has 3 rings (SSSR count). The summed E-state index contributed by atoms with van der Waals surface area (Å²) in [7, 11) is 0. The maximum absolute atomic E-state index is 12.6. The molecule has 20 heavy (non-hydrogen) atoms. The fourth-order valence-corrected chi connectivity index (χ4v) is 2.97. The van der Waals surface area contributed by atoms with Gasteiger partial charge in [-0.2, -0.15) is 0 Å². The minimum Gasteiger partial charge on any atom is -0.484 e. The van der Waals surface area contributed by atoms with Crippen LogP contribution in [0.5, 0.6) is 5.75 Å². The topological polar surface area (TPSA) is 44.8 Å². The molecule has 4 nitrogen and oxygen atoms in total. The van der Waals surface area contributed by atoms with Gasteiger partial charge in [0.2, 0.25) is 6.29 Å². The Kier molecular flexibility index (Phi) is 3.56. The highest BCUT2D eigenvalue weighted by Crippen LogP contribution is 2.38. The number of carbonyl (C=O) groups excluding carboxylic acids is 1. The second-order valence-corrected chi connectivity index (χ2v) is 5.70. The number of ether oxygens (including phenoxy) is 3. The SMILES string of the molecule is CCOC1CC2Oc3ccc(Br)cc3C(=O)C2=C(C)O1. The van der Waals surface area contributed by atoms with Crippen molar-refractivity contribution in [3.8, 4) is 5.75 Å². The second kappa shape index (κ2) is 5.22. The average Bonchev–Trinajstić information content (AvgIpc) is 2.40. The van der Waals surface area contributed by atoms with E-state index in [1.54, 1.807) is 13.0 Å². The van der Waals surface area contributed by atoms with Gasteiger partial charge in [0.05, 0.1) is 17.6 Å². The monoisotopic (exact) mass is 338 g/mol. The zero-order valence-corrected chi connectivity index (χ0v) is 12.9. The maximum Gasteiger partial charge on any atom is 0.203 e. The Labute approximate surface area is 125 Å². The zero-order chi connectivity index (χ0) is 14.3. The minimum absolute atomic E-state index is 0.0231. The van der Waals surface area contributed by atoms with Crippen molar-refractivity contribution in [2.45, 2.75) is 32.7 Å². The molecule has 0 aliphatic carbocycles. The fourth-order valence-electron chi connectivity index (χ4n) is 2.61. The Hall–Kier alpha value is -1.33. The normalized spacial score (nSPS) is 24.6. The summed E-state index contributed by atoms with van der Waals surface area (Å²) in [6.07, 6.45) is -0.109. The third kappa shape index (κ3) is 2.25. The van der Waals surface area contributed by atoms with Gasteiger partial charge in [-0.1, -0.05) is 15.9 Å². The van der Waals surface area contributed by atoms with E-state index in [2.05, 4.69) is 15.9 Å². The predicted molar refractivity (Wildman–Crippen MR) is 76.7 cm³/mol. The summed E-state index contributed by atoms with van der Waals surface area (Å²) in [5.74, 6) is 1.19. The van der Waals surface area contributed by atoms with Gasteiger partial charge in [-0.25, -0.2) is 0 Å². The highest BCUT2D eigenvalue weighted by molar-refractivity contribution is 9.10. The van der Waals surface area contributed by atoms with Crippen molar-refractivity contribution in [3.63, 3.8) is 0 Å². The first-order valence-corrected chi connectivity index (χ1v) is 7.39. The van der Waals surface area contributed by atoms with E-state index >= 15 is 0 Å². The summed E-state index contributed by atoms with van der Waals surface area (Å²) in [6.45, 7) is 4.27. The molecule has 1 aromatic carbocycles. The summed E-state index contributed by atoms with van der Waals surface area (Å²) in [6, 6.07) is 5.46. The Morgan fingerprint density at radius 3 is 2.95 bits per heavy atom. The maximum atomic E-state index is 12.6. The Morgan fingerprint density at radius 2 is 2.20 bits per heavy atom. The molecule has 0 fully saturated rings. The minimum atomic E-state index is -0.349. The van der Waals surface area contributed by atoms with Crippen LogP contribution in [0.2, 0.25) is 0 Å². The van der Waals surface area contributed by atoms with Gasteiger partial charge < -0.3 is 14.2 Å². The van der Waals surface area contributed by atoms with E-state index in [0.29, 0.717) is 35.7 Å². The van der Waals surface area contributed by atoms with Crippen LogP contribution in [0.15, 0.2) is 34.0 Å². The lowest BCUT2D eigenvalue weighted by atomic mass is 9.91. The molecule has 106 valence electrons. The standard InChI is InChI=1S/C15H15BrO4/c1-3-18-13-7-12-14(8(2)19-13)15(17)10-6-9(16)4-5-11(10)20-12/h4-6,12-13H,3,7H2,1-2H3. The summed E-state index contributed by atoms with van der Waals surface area (Å²) < 4.78 is 18.0.